The van der Waals surface area contributed by atoms with Crippen molar-refractivity contribution in [2.45, 2.75) is 39.3 Å². The first kappa shape index (κ1) is 13.9. The molecule has 0 aromatic heterocycles. The van der Waals surface area contributed by atoms with Crippen molar-refractivity contribution < 1.29 is 14.3 Å². The van der Waals surface area contributed by atoms with Crippen LogP contribution in [0.25, 0.3) is 0 Å². The average molecular weight is 263 g/mol. The Balaban J connectivity index is 1.97. The van der Waals surface area contributed by atoms with Crippen LogP contribution in [0.4, 0.5) is 0 Å². The van der Waals surface area contributed by atoms with Crippen LogP contribution in [0.5, 0.6) is 5.75 Å². The molecule has 0 unspecified atom stereocenters. The minimum absolute atomic E-state index is 0.0326. The van der Waals surface area contributed by atoms with Crippen LogP contribution in [0.1, 0.15) is 30.9 Å². The molecule has 1 N–H and O–H groups in total. The number of nitrogens with one attached hydrogen (secondary N) is 1. The predicted molar refractivity (Wildman–Crippen MR) is 73.2 cm³/mol. The summed E-state index contributed by atoms with van der Waals surface area (Å²) in [5, 5.41) is 3.46. The molecule has 0 saturated heterocycles. The Kier molecular flexibility index (Phi) is 4.80. The second-order valence-electron chi connectivity index (χ2n) is 4.81. The Morgan fingerprint density at radius 2 is 2.21 bits per heavy atom. The normalized spacial score (nSPS) is 14.2. The van der Waals surface area contributed by atoms with Crippen LogP contribution in [0.3, 0.4) is 0 Å². The summed E-state index contributed by atoms with van der Waals surface area (Å²) in [4.78, 5) is 11.4. The molecule has 1 aromatic carbocycles. The van der Waals surface area contributed by atoms with Gasteiger partial charge in [-0.25, -0.2) is 4.79 Å². The Hall–Kier alpha value is -1.55. The Morgan fingerprint density at radius 1 is 1.42 bits per heavy atom. The molecular formula is C15H21NO3. The highest BCUT2D eigenvalue weighted by atomic mass is 16.6. The zero-order valence-corrected chi connectivity index (χ0v) is 11.6. The van der Waals surface area contributed by atoms with Gasteiger partial charge < -0.3 is 14.8 Å². The van der Waals surface area contributed by atoms with E-state index in [1.165, 1.54) is 12.8 Å². The van der Waals surface area contributed by atoms with E-state index in [0.717, 1.165) is 23.4 Å². The predicted octanol–water partition coefficient (Wildman–Crippen LogP) is 2.19. The summed E-state index contributed by atoms with van der Waals surface area (Å²) in [5.41, 5.74) is 2.13. The fourth-order valence-electron chi connectivity index (χ4n) is 1.93. The molecule has 0 bridgehead atoms. The maximum Gasteiger partial charge on any atom is 0.344 e. The Labute approximate surface area is 114 Å². The SMILES string of the molecule is CCOC(=O)COc1c(C)cccc1CNC1CC1. The van der Waals surface area contributed by atoms with E-state index in [4.69, 9.17) is 9.47 Å². The Bertz CT molecular complexity index is 441. The lowest BCUT2D eigenvalue weighted by Crippen LogP contribution is -2.19. The van der Waals surface area contributed by atoms with Crippen molar-refractivity contribution in [1.82, 2.24) is 5.32 Å². The number of hydrogen-bond donors (Lipinski definition) is 1. The summed E-state index contributed by atoms with van der Waals surface area (Å²) in [6.45, 7) is 4.91. The summed E-state index contributed by atoms with van der Waals surface area (Å²) >= 11 is 0. The minimum atomic E-state index is -0.327. The third-order valence-corrected chi connectivity index (χ3v) is 3.09. The summed E-state index contributed by atoms with van der Waals surface area (Å²) in [6.07, 6.45) is 2.51. The van der Waals surface area contributed by atoms with E-state index in [-0.39, 0.29) is 12.6 Å². The molecule has 2 rings (SSSR count). The van der Waals surface area contributed by atoms with Crippen LogP contribution in [0.15, 0.2) is 18.2 Å². The lowest BCUT2D eigenvalue weighted by molar-refractivity contribution is -0.145. The fourth-order valence-corrected chi connectivity index (χ4v) is 1.93. The van der Waals surface area contributed by atoms with E-state index in [1.54, 1.807) is 6.92 Å². The third kappa shape index (κ3) is 4.24. The number of hydrogen-bond acceptors (Lipinski definition) is 4. The van der Waals surface area contributed by atoms with E-state index in [0.29, 0.717) is 12.6 Å². The number of benzene rings is 1. The highest BCUT2D eigenvalue weighted by Crippen LogP contribution is 2.25. The topological polar surface area (TPSA) is 47.6 Å². The van der Waals surface area contributed by atoms with Crippen molar-refractivity contribution in [3.05, 3.63) is 29.3 Å². The number of esters is 1. The van der Waals surface area contributed by atoms with Gasteiger partial charge in [0.15, 0.2) is 6.61 Å². The molecule has 0 heterocycles. The molecule has 1 aromatic rings. The average Bonchev–Trinajstić information content (AvgIpc) is 3.19. The van der Waals surface area contributed by atoms with Crippen LogP contribution in [-0.4, -0.2) is 25.2 Å². The molecular weight excluding hydrogens is 242 g/mol. The molecule has 1 fully saturated rings. The van der Waals surface area contributed by atoms with Gasteiger partial charge in [-0.15, -0.1) is 0 Å². The molecule has 4 heteroatoms. The second-order valence-corrected chi connectivity index (χ2v) is 4.81. The summed E-state index contributed by atoms with van der Waals surface area (Å²) < 4.78 is 10.5. The van der Waals surface area contributed by atoms with Crippen molar-refractivity contribution in [2.75, 3.05) is 13.2 Å². The number of carbonyl (C=O) groups is 1. The van der Waals surface area contributed by atoms with Crippen LogP contribution in [-0.2, 0) is 16.1 Å². The van der Waals surface area contributed by atoms with E-state index in [9.17, 15) is 4.79 Å². The molecule has 4 nitrogen and oxygen atoms in total. The summed E-state index contributed by atoms with van der Waals surface area (Å²) in [6, 6.07) is 6.68. The smallest absolute Gasteiger partial charge is 0.344 e. The zero-order valence-electron chi connectivity index (χ0n) is 11.6. The lowest BCUT2D eigenvalue weighted by Gasteiger charge is -2.14. The molecule has 0 spiro atoms. The van der Waals surface area contributed by atoms with Gasteiger partial charge in [-0.2, -0.15) is 0 Å². The van der Waals surface area contributed by atoms with Gasteiger partial charge >= 0.3 is 5.97 Å². The quantitative estimate of drug-likeness (QED) is 0.766. The van der Waals surface area contributed by atoms with Gasteiger partial charge in [-0.3, -0.25) is 0 Å². The molecule has 1 aliphatic rings. The summed E-state index contributed by atoms with van der Waals surface area (Å²) in [7, 11) is 0. The lowest BCUT2D eigenvalue weighted by atomic mass is 10.1. The first-order chi connectivity index (χ1) is 9.20. The van der Waals surface area contributed by atoms with Gasteiger partial charge in [0.05, 0.1) is 6.61 Å². The molecule has 0 aliphatic heterocycles. The van der Waals surface area contributed by atoms with E-state index < -0.39 is 0 Å². The van der Waals surface area contributed by atoms with Gasteiger partial charge in [0, 0.05) is 18.2 Å². The minimum Gasteiger partial charge on any atom is -0.481 e. The van der Waals surface area contributed by atoms with Crippen LogP contribution < -0.4 is 10.1 Å². The van der Waals surface area contributed by atoms with Gasteiger partial charge in [0.1, 0.15) is 5.75 Å². The second kappa shape index (κ2) is 6.57. The van der Waals surface area contributed by atoms with Gasteiger partial charge in [-0.1, -0.05) is 18.2 Å². The van der Waals surface area contributed by atoms with E-state index in [1.807, 2.05) is 25.1 Å². The molecule has 0 atom stereocenters. The number of ether oxygens (including phenoxy) is 2. The Morgan fingerprint density at radius 3 is 2.89 bits per heavy atom. The van der Waals surface area contributed by atoms with Gasteiger partial charge in [0.2, 0.25) is 0 Å². The highest BCUT2D eigenvalue weighted by Gasteiger charge is 2.21. The van der Waals surface area contributed by atoms with Crippen LogP contribution in [0, 0.1) is 6.92 Å². The van der Waals surface area contributed by atoms with E-state index >= 15 is 0 Å². The van der Waals surface area contributed by atoms with E-state index in [2.05, 4.69) is 5.32 Å². The monoisotopic (exact) mass is 263 g/mol. The van der Waals surface area contributed by atoms with Gasteiger partial charge in [-0.05, 0) is 32.3 Å². The number of rotatable bonds is 7. The first-order valence-corrected chi connectivity index (χ1v) is 6.81. The van der Waals surface area contributed by atoms with Crippen molar-refractivity contribution in [3.8, 4) is 5.75 Å². The molecule has 1 aliphatic carbocycles. The van der Waals surface area contributed by atoms with Crippen LogP contribution >= 0.6 is 0 Å². The molecule has 104 valence electrons. The third-order valence-electron chi connectivity index (χ3n) is 3.09. The highest BCUT2D eigenvalue weighted by molar-refractivity contribution is 5.71. The maximum atomic E-state index is 11.4. The van der Waals surface area contributed by atoms with Crippen molar-refractivity contribution >= 4 is 5.97 Å². The maximum absolute atomic E-state index is 11.4. The first-order valence-electron chi connectivity index (χ1n) is 6.81. The zero-order chi connectivity index (χ0) is 13.7. The van der Waals surface area contributed by atoms with Crippen molar-refractivity contribution in [1.29, 1.82) is 0 Å². The largest absolute Gasteiger partial charge is 0.481 e. The standard InChI is InChI=1S/C15H21NO3/c1-3-18-14(17)10-19-15-11(2)5-4-6-12(15)9-16-13-7-8-13/h4-6,13,16H,3,7-10H2,1-2H3. The molecule has 0 radical (unpaired) electrons. The van der Waals surface area contributed by atoms with Gasteiger partial charge in [0.25, 0.3) is 0 Å². The molecule has 1 saturated carbocycles. The molecule has 0 amide bonds. The fraction of sp³-hybridized carbons (Fsp3) is 0.533. The summed E-state index contributed by atoms with van der Waals surface area (Å²) in [5.74, 6) is 0.468. The number of para-hydroxylation sites is 1. The number of carbonyl (C=O) groups excluding carboxylic acids is 1. The van der Waals surface area contributed by atoms with Crippen molar-refractivity contribution in [2.24, 2.45) is 0 Å². The number of aryl methyl sites for hydroxylation is 1. The van der Waals surface area contributed by atoms with Crippen LogP contribution in [0.2, 0.25) is 0 Å². The molecule has 19 heavy (non-hydrogen) atoms. The van der Waals surface area contributed by atoms with Crippen molar-refractivity contribution in [3.63, 3.8) is 0 Å².